The van der Waals surface area contributed by atoms with E-state index in [0.717, 1.165) is 10.9 Å². The average molecular weight is 647 g/mol. The summed E-state index contributed by atoms with van der Waals surface area (Å²) in [5.74, 6) is 0.412. The number of carbonyl (C=O) groups excluding carboxylic acids is 2. The number of rotatable bonds is 11. The van der Waals surface area contributed by atoms with E-state index in [1.165, 1.54) is 13.3 Å². The number of methoxy groups -OCH3 is 1. The second-order valence-electron chi connectivity index (χ2n) is 9.57. The third-order valence-electron chi connectivity index (χ3n) is 6.68. The highest BCUT2D eigenvalue weighted by Gasteiger charge is 2.21. The van der Waals surface area contributed by atoms with Crippen molar-refractivity contribution in [3.8, 4) is 34.1 Å². The van der Waals surface area contributed by atoms with Crippen LogP contribution < -0.4 is 24.4 Å². The van der Waals surface area contributed by atoms with E-state index < -0.39 is 11.9 Å². The van der Waals surface area contributed by atoms with Crippen LogP contribution in [0.5, 0.6) is 23.0 Å². The lowest BCUT2D eigenvalue weighted by Crippen LogP contribution is -2.19. The fraction of sp³-hybridized carbons (Fsp3) is 0.147. The van der Waals surface area contributed by atoms with E-state index in [0.29, 0.717) is 57.2 Å². The van der Waals surface area contributed by atoms with Crippen LogP contribution in [0.25, 0.3) is 22.0 Å². The van der Waals surface area contributed by atoms with Gasteiger partial charge in [-0.15, -0.1) is 0 Å². The number of fused-ring (bicyclic) bond motifs is 1. The minimum absolute atomic E-state index is 0.205. The van der Waals surface area contributed by atoms with E-state index in [4.69, 9.17) is 42.1 Å². The van der Waals surface area contributed by atoms with Gasteiger partial charge in [-0.2, -0.15) is 5.10 Å². The number of hydrogen-bond acceptors (Lipinski definition) is 7. The van der Waals surface area contributed by atoms with Crippen molar-refractivity contribution >= 4 is 52.2 Å². The molecule has 0 bridgehead atoms. The van der Waals surface area contributed by atoms with Crippen LogP contribution in [0, 0.1) is 0 Å². The van der Waals surface area contributed by atoms with E-state index in [1.54, 1.807) is 60.7 Å². The van der Waals surface area contributed by atoms with Crippen LogP contribution in [0.15, 0.2) is 84.0 Å². The molecule has 0 atom stereocenters. The van der Waals surface area contributed by atoms with Gasteiger partial charge in [-0.05, 0) is 80.1 Å². The molecule has 1 amide bonds. The molecule has 0 spiro atoms. The Bertz CT molecular complexity index is 1900. The van der Waals surface area contributed by atoms with Crippen LogP contribution in [-0.2, 0) is 0 Å². The van der Waals surface area contributed by atoms with Crippen LogP contribution in [-0.4, -0.2) is 43.4 Å². The maximum absolute atomic E-state index is 13.3. The number of benzene rings is 4. The van der Waals surface area contributed by atoms with Gasteiger partial charge in [0, 0.05) is 32.1 Å². The molecule has 2 N–H and O–H groups in total. The fourth-order valence-electron chi connectivity index (χ4n) is 4.69. The Kier molecular flexibility index (Phi) is 9.92. The second-order valence-corrected chi connectivity index (χ2v) is 10.4. The number of H-pyrrole nitrogens is 1. The maximum Gasteiger partial charge on any atom is 0.343 e. The minimum Gasteiger partial charge on any atom is -0.493 e. The highest BCUT2D eigenvalue weighted by Crippen LogP contribution is 2.38. The molecule has 0 aliphatic heterocycles. The molecule has 4 aromatic carbocycles. The number of ether oxygens (including phenoxy) is 4. The van der Waals surface area contributed by atoms with Gasteiger partial charge in [0.1, 0.15) is 5.69 Å². The Morgan fingerprint density at radius 2 is 1.62 bits per heavy atom. The lowest BCUT2D eigenvalue weighted by Gasteiger charge is -2.13. The minimum atomic E-state index is -0.597. The zero-order valence-corrected chi connectivity index (χ0v) is 26.2. The molecule has 230 valence electrons. The van der Waals surface area contributed by atoms with Gasteiger partial charge in [0.25, 0.3) is 5.91 Å². The summed E-state index contributed by atoms with van der Waals surface area (Å²) in [6, 6.07) is 22.3. The number of nitrogens with zero attached hydrogens (tertiary/aromatic N) is 1. The van der Waals surface area contributed by atoms with E-state index in [9.17, 15) is 9.59 Å². The molecule has 1 heterocycles. The summed E-state index contributed by atoms with van der Waals surface area (Å²) in [4.78, 5) is 29.4. The molecule has 0 saturated carbocycles. The molecule has 45 heavy (non-hydrogen) atoms. The monoisotopic (exact) mass is 645 g/mol. The highest BCUT2D eigenvalue weighted by molar-refractivity contribution is 6.34. The molecular formula is C34H29Cl2N3O6. The first-order chi connectivity index (χ1) is 21.8. The van der Waals surface area contributed by atoms with Crippen molar-refractivity contribution in [2.24, 2.45) is 5.10 Å². The van der Waals surface area contributed by atoms with Crippen molar-refractivity contribution in [2.45, 2.75) is 13.8 Å². The number of aromatic nitrogens is 1. The maximum atomic E-state index is 13.3. The molecule has 9 nitrogen and oxygen atoms in total. The van der Waals surface area contributed by atoms with Crippen LogP contribution in [0.3, 0.4) is 0 Å². The van der Waals surface area contributed by atoms with Gasteiger partial charge in [-0.25, -0.2) is 10.2 Å². The lowest BCUT2D eigenvalue weighted by atomic mass is 10.0. The number of esters is 1. The quantitative estimate of drug-likeness (QED) is 0.0653. The molecule has 0 aliphatic carbocycles. The van der Waals surface area contributed by atoms with E-state index >= 15 is 0 Å². The SMILES string of the molecule is CCOc1ccc(C(=O)Oc2ccc(C=NNC(=O)c3[nH]c4ccc(Cl)cc4c3-c3ccccc3Cl)cc2OC)cc1OCC. The van der Waals surface area contributed by atoms with Gasteiger partial charge in [0.2, 0.25) is 0 Å². The van der Waals surface area contributed by atoms with Crippen LogP contribution in [0.4, 0.5) is 0 Å². The Morgan fingerprint density at radius 1 is 0.867 bits per heavy atom. The predicted octanol–water partition coefficient (Wildman–Crippen LogP) is 7.93. The summed E-state index contributed by atoms with van der Waals surface area (Å²) in [7, 11) is 1.46. The van der Waals surface area contributed by atoms with Gasteiger partial charge >= 0.3 is 5.97 Å². The molecule has 1 aromatic heterocycles. The van der Waals surface area contributed by atoms with E-state index in [-0.39, 0.29) is 17.0 Å². The normalized spacial score (nSPS) is 11.0. The van der Waals surface area contributed by atoms with Crippen molar-refractivity contribution in [1.29, 1.82) is 0 Å². The first-order valence-corrected chi connectivity index (χ1v) is 14.8. The first-order valence-electron chi connectivity index (χ1n) is 14.0. The van der Waals surface area contributed by atoms with Crippen molar-refractivity contribution < 1.29 is 28.5 Å². The molecule has 5 rings (SSSR count). The van der Waals surface area contributed by atoms with Crippen molar-refractivity contribution in [1.82, 2.24) is 10.4 Å². The number of hydrazone groups is 1. The second kappa shape index (κ2) is 14.2. The largest absolute Gasteiger partial charge is 0.493 e. The first kappa shape index (κ1) is 31.4. The van der Waals surface area contributed by atoms with Crippen LogP contribution in [0.1, 0.15) is 40.3 Å². The number of halogens is 2. The number of carbonyl (C=O) groups is 2. The molecule has 0 saturated heterocycles. The van der Waals surface area contributed by atoms with Gasteiger partial charge < -0.3 is 23.9 Å². The van der Waals surface area contributed by atoms with Crippen molar-refractivity contribution in [3.63, 3.8) is 0 Å². The summed E-state index contributed by atoms with van der Waals surface area (Å²) >= 11 is 12.8. The Balaban J connectivity index is 1.33. The van der Waals surface area contributed by atoms with Crippen molar-refractivity contribution in [3.05, 3.63) is 106 Å². The van der Waals surface area contributed by atoms with Gasteiger partial charge in [-0.3, -0.25) is 4.79 Å². The van der Waals surface area contributed by atoms with Crippen molar-refractivity contribution in [2.75, 3.05) is 20.3 Å². The third-order valence-corrected chi connectivity index (χ3v) is 7.24. The van der Waals surface area contributed by atoms with Crippen LogP contribution >= 0.6 is 23.2 Å². The molecule has 11 heteroatoms. The van der Waals surface area contributed by atoms with Crippen LogP contribution in [0.2, 0.25) is 10.0 Å². The molecule has 0 unspecified atom stereocenters. The summed E-state index contributed by atoms with van der Waals surface area (Å²) in [6.45, 7) is 4.58. The van der Waals surface area contributed by atoms with Gasteiger partial charge in [-0.1, -0.05) is 41.4 Å². The number of hydrogen-bond donors (Lipinski definition) is 2. The molecular weight excluding hydrogens is 617 g/mol. The lowest BCUT2D eigenvalue weighted by molar-refractivity contribution is 0.0728. The third kappa shape index (κ3) is 7.06. The summed E-state index contributed by atoms with van der Waals surface area (Å²) in [6.07, 6.45) is 1.45. The number of nitrogens with one attached hydrogen (secondary N) is 2. The molecule has 0 aliphatic rings. The Morgan fingerprint density at radius 3 is 2.38 bits per heavy atom. The van der Waals surface area contributed by atoms with Gasteiger partial charge in [0.15, 0.2) is 23.0 Å². The summed E-state index contributed by atoms with van der Waals surface area (Å²) in [5, 5.41) is 5.90. The smallest absolute Gasteiger partial charge is 0.343 e. The summed E-state index contributed by atoms with van der Waals surface area (Å²) in [5.41, 5.74) is 5.72. The zero-order valence-electron chi connectivity index (χ0n) is 24.6. The zero-order chi connectivity index (χ0) is 31.9. The van der Waals surface area contributed by atoms with Gasteiger partial charge in [0.05, 0.1) is 32.1 Å². The van der Waals surface area contributed by atoms with E-state index in [2.05, 4.69) is 15.5 Å². The number of aromatic amines is 1. The number of amides is 1. The predicted molar refractivity (Wildman–Crippen MR) is 176 cm³/mol. The molecule has 0 radical (unpaired) electrons. The standard InChI is InChI=1S/C34H29Cl2N3O6/c1-4-43-27-15-11-21(17-30(27)44-5-2)34(41)45-28-14-10-20(16-29(28)42-3)19-37-39-33(40)32-31(23-8-6-7-9-25(23)36)24-18-22(35)12-13-26(24)38-32/h6-19,38H,4-5H2,1-3H3,(H,39,40). The summed E-state index contributed by atoms with van der Waals surface area (Å²) < 4.78 is 22.2. The fourth-order valence-corrected chi connectivity index (χ4v) is 5.09. The van der Waals surface area contributed by atoms with E-state index in [1.807, 2.05) is 32.0 Å². The Labute approximate surface area is 269 Å². The average Bonchev–Trinajstić information content (AvgIpc) is 3.41. The Hall–Kier alpha value is -4.99. The molecule has 5 aromatic rings. The topological polar surface area (TPSA) is 111 Å². The highest BCUT2D eigenvalue weighted by atomic mass is 35.5. The molecule has 0 fully saturated rings.